The number of carbonyl (C=O) groups excluding carboxylic acids is 1. The first kappa shape index (κ1) is 18.2. The summed E-state index contributed by atoms with van der Waals surface area (Å²) in [6.45, 7) is 8.51. The summed E-state index contributed by atoms with van der Waals surface area (Å²) >= 11 is 0. The molecule has 1 aromatic rings. The lowest BCUT2D eigenvalue weighted by Gasteiger charge is -2.35. The molecule has 2 aliphatic heterocycles. The summed E-state index contributed by atoms with van der Waals surface area (Å²) in [7, 11) is 0. The van der Waals surface area contributed by atoms with Crippen LogP contribution in [0.3, 0.4) is 0 Å². The largest absolute Gasteiger partial charge is 0.494 e. The van der Waals surface area contributed by atoms with Crippen molar-refractivity contribution in [2.45, 2.75) is 45.3 Å². The Morgan fingerprint density at radius 1 is 1.36 bits per heavy atom. The average Bonchev–Trinajstić information content (AvgIpc) is 3.07. The summed E-state index contributed by atoms with van der Waals surface area (Å²) < 4.78 is 11.6. The Labute approximate surface area is 150 Å². The fourth-order valence-corrected chi connectivity index (χ4v) is 3.43. The van der Waals surface area contributed by atoms with E-state index in [-0.39, 0.29) is 12.0 Å². The summed E-state index contributed by atoms with van der Waals surface area (Å²) in [6.07, 6.45) is 3.63. The molecule has 2 heterocycles. The molecule has 0 saturated carbocycles. The van der Waals surface area contributed by atoms with Crippen LogP contribution < -0.4 is 10.1 Å². The van der Waals surface area contributed by atoms with Crippen LogP contribution in [0.5, 0.6) is 5.75 Å². The van der Waals surface area contributed by atoms with E-state index in [0.29, 0.717) is 30.7 Å². The van der Waals surface area contributed by atoms with Gasteiger partial charge < -0.3 is 14.8 Å². The molecule has 0 radical (unpaired) electrons. The number of ether oxygens (including phenoxy) is 2. The standard InChI is InChI=1S/C20H30N2O3/c1-15(2)9-11-24-18-7-5-16(6-8-18)20(23)21-12-19-13-22-10-3-4-17(22)14-25-19/h5-8,15,17,19H,3-4,9-14H2,1-2H3,(H,21,23)/t17-,19-/m1/s1. The van der Waals surface area contributed by atoms with Crippen molar-refractivity contribution in [3.05, 3.63) is 29.8 Å². The molecule has 2 fully saturated rings. The molecule has 0 unspecified atom stereocenters. The highest BCUT2D eigenvalue weighted by Gasteiger charge is 2.32. The van der Waals surface area contributed by atoms with Crippen molar-refractivity contribution in [2.24, 2.45) is 5.92 Å². The van der Waals surface area contributed by atoms with E-state index >= 15 is 0 Å². The van der Waals surface area contributed by atoms with Crippen LogP contribution in [0.4, 0.5) is 0 Å². The first-order valence-electron chi connectivity index (χ1n) is 9.48. The zero-order valence-corrected chi connectivity index (χ0v) is 15.4. The Balaban J connectivity index is 1.42. The molecule has 3 rings (SSSR count). The van der Waals surface area contributed by atoms with Crippen LogP contribution in [-0.2, 0) is 4.74 Å². The van der Waals surface area contributed by atoms with Gasteiger partial charge in [0.15, 0.2) is 0 Å². The number of carbonyl (C=O) groups is 1. The first-order chi connectivity index (χ1) is 12.1. The normalized spacial score (nSPS) is 23.5. The Morgan fingerprint density at radius 3 is 2.92 bits per heavy atom. The zero-order valence-electron chi connectivity index (χ0n) is 15.4. The number of nitrogens with zero attached hydrogens (tertiary/aromatic N) is 1. The molecule has 25 heavy (non-hydrogen) atoms. The lowest BCUT2D eigenvalue weighted by Crippen LogP contribution is -2.50. The smallest absolute Gasteiger partial charge is 0.251 e. The SMILES string of the molecule is CC(C)CCOc1ccc(C(=O)NC[C@@H]2CN3CCC[C@@H]3CO2)cc1. The molecule has 0 spiro atoms. The van der Waals surface area contributed by atoms with Crippen molar-refractivity contribution in [2.75, 3.05) is 32.8 Å². The second-order valence-corrected chi connectivity index (χ2v) is 7.51. The van der Waals surface area contributed by atoms with E-state index in [9.17, 15) is 4.79 Å². The molecular formula is C20H30N2O3. The summed E-state index contributed by atoms with van der Waals surface area (Å²) in [5.41, 5.74) is 0.658. The minimum absolute atomic E-state index is 0.0547. The lowest BCUT2D eigenvalue weighted by atomic mass is 10.1. The third-order valence-corrected chi connectivity index (χ3v) is 5.03. The highest BCUT2D eigenvalue weighted by Crippen LogP contribution is 2.22. The third-order valence-electron chi connectivity index (χ3n) is 5.03. The fraction of sp³-hybridized carbons (Fsp3) is 0.650. The molecule has 2 atom stereocenters. The molecule has 0 bridgehead atoms. The van der Waals surface area contributed by atoms with E-state index in [1.807, 2.05) is 24.3 Å². The van der Waals surface area contributed by atoms with E-state index in [1.165, 1.54) is 12.8 Å². The molecule has 5 heteroatoms. The second-order valence-electron chi connectivity index (χ2n) is 7.51. The van der Waals surface area contributed by atoms with E-state index in [1.54, 1.807) is 0 Å². The molecule has 5 nitrogen and oxygen atoms in total. The fourth-order valence-electron chi connectivity index (χ4n) is 3.43. The average molecular weight is 346 g/mol. The third kappa shape index (κ3) is 5.19. The van der Waals surface area contributed by atoms with Gasteiger partial charge in [-0.05, 0) is 56.0 Å². The van der Waals surface area contributed by atoms with Crippen LogP contribution in [0.25, 0.3) is 0 Å². The number of morpholine rings is 1. The number of hydrogen-bond acceptors (Lipinski definition) is 4. The van der Waals surface area contributed by atoms with Crippen LogP contribution >= 0.6 is 0 Å². The van der Waals surface area contributed by atoms with Gasteiger partial charge in [-0.15, -0.1) is 0 Å². The predicted molar refractivity (Wildman–Crippen MR) is 98.1 cm³/mol. The highest BCUT2D eigenvalue weighted by molar-refractivity contribution is 5.94. The predicted octanol–water partition coefficient (Wildman–Crippen LogP) is 2.70. The van der Waals surface area contributed by atoms with Gasteiger partial charge in [0.05, 0.1) is 19.3 Å². The maximum absolute atomic E-state index is 12.3. The van der Waals surface area contributed by atoms with Crippen molar-refractivity contribution < 1.29 is 14.3 Å². The van der Waals surface area contributed by atoms with Gasteiger partial charge in [-0.1, -0.05) is 13.8 Å². The van der Waals surface area contributed by atoms with Crippen molar-refractivity contribution >= 4 is 5.91 Å². The lowest BCUT2D eigenvalue weighted by molar-refractivity contribution is -0.0461. The van der Waals surface area contributed by atoms with Crippen LogP contribution in [-0.4, -0.2) is 55.8 Å². The summed E-state index contributed by atoms with van der Waals surface area (Å²) in [6, 6.07) is 7.95. The maximum atomic E-state index is 12.3. The number of benzene rings is 1. The monoisotopic (exact) mass is 346 g/mol. The van der Waals surface area contributed by atoms with Gasteiger partial charge in [-0.25, -0.2) is 0 Å². The van der Waals surface area contributed by atoms with E-state index in [0.717, 1.165) is 31.9 Å². The quantitative estimate of drug-likeness (QED) is 0.825. The van der Waals surface area contributed by atoms with Crippen LogP contribution in [0.15, 0.2) is 24.3 Å². The van der Waals surface area contributed by atoms with Gasteiger partial charge in [0.1, 0.15) is 5.75 Å². The number of amides is 1. The number of rotatable bonds is 7. The molecule has 2 saturated heterocycles. The number of hydrogen-bond donors (Lipinski definition) is 1. The molecule has 1 N–H and O–H groups in total. The van der Waals surface area contributed by atoms with Crippen LogP contribution in [0.1, 0.15) is 43.5 Å². The van der Waals surface area contributed by atoms with Gasteiger partial charge in [0, 0.05) is 24.7 Å². The van der Waals surface area contributed by atoms with Crippen LogP contribution in [0, 0.1) is 5.92 Å². The van der Waals surface area contributed by atoms with Gasteiger partial charge >= 0.3 is 0 Å². The van der Waals surface area contributed by atoms with Gasteiger partial charge in [-0.3, -0.25) is 9.69 Å². The van der Waals surface area contributed by atoms with Gasteiger partial charge in [-0.2, -0.15) is 0 Å². The zero-order chi connectivity index (χ0) is 17.6. The van der Waals surface area contributed by atoms with Gasteiger partial charge in [0.25, 0.3) is 5.91 Å². The summed E-state index contributed by atoms with van der Waals surface area (Å²) in [4.78, 5) is 14.8. The van der Waals surface area contributed by atoms with Crippen molar-refractivity contribution in [1.29, 1.82) is 0 Å². The Kier molecular flexibility index (Phi) is 6.32. The molecule has 1 amide bonds. The summed E-state index contributed by atoms with van der Waals surface area (Å²) in [5.74, 6) is 1.39. The summed E-state index contributed by atoms with van der Waals surface area (Å²) in [5, 5.41) is 2.99. The maximum Gasteiger partial charge on any atom is 0.251 e. The van der Waals surface area contributed by atoms with Crippen molar-refractivity contribution in [3.8, 4) is 5.75 Å². The second kappa shape index (κ2) is 8.68. The van der Waals surface area contributed by atoms with E-state index in [4.69, 9.17) is 9.47 Å². The molecule has 2 aliphatic rings. The highest BCUT2D eigenvalue weighted by atomic mass is 16.5. The topological polar surface area (TPSA) is 50.8 Å². The number of fused-ring (bicyclic) bond motifs is 1. The molecule has 0 aliphatic carbocycles. The molecule has 0 aromatic heterocycles. The Hall–Kier alpha value is -1.59. The minimum atomic E-state index is -0.0547. The van der Waals surface area contributed by atoms with E-state index in [2.05, 4.69) is 24.1 Å². The van der Waals surface area contributed by atoms with Gasteiger partial charge in [0.2, 0.25) is 0 Å². The minimum Gasteiger partial charge on any atom is -0.494 e. The number of nitrogens with one attached hydrogen (secondary N) is 1. The molecule has 1 aromatic carbocycles. The molecular weight excluding hydrogens is 316 g/mol. The van der Waals surface area contributed by atoms with Crippen molar-refractivity contribution in [1.82, 2.24) is 10.2 Å². The van der Waals surface area contributed by atoms with Crippen molar-refractivity contribution in [3.63, 3.8) is 0 Å². The van der Waals surface area contributed by atoms with E-state index < -0.39 is 0 Å². The molecule has 138 valence electrons. The van der Waals surface area contributed by atoms with Crippen LogP contribution in [0.2, 0.25) is 0 Å². The Morgan fingerprint density at radius 2 is 2.16 bits per heavy atom. The first-order valence-corrected chi connectivity index (χ1v) is 9.48. The Bertz CT molecular complexity index is 559.